The average Bonchev–Trinajstić information content (AvgIpc) is 4.01. The standard InChI is InChI=1S/C44H24N6O3S/c51-42-27-14-9-13-24(36(27)43(52)47-42)28-22-29(44-46-32-17-6-7-18-34(32)53-44)38(41-26-12-3-8-19-35(26)54-50-41)39(40-25-11-2-5-16-31(25)48-49-40)37(28)33-21-20-23-10-1-4-15-30(23)45-33/h1-22H,(H,48,49)(H,47,51,52). The maximum Gasteiger partial charge on any atom is 0.259 e. The van der Waals surface area contributed by atoms with E-state index < -0.39 is 11.8 Å². The number of oxazole rings is 1. The fraction of sp³-hybridized carbons (Fsp3) is 0. The Kier molecular flexibility index (Phi) is 6.52. The summed E-state index contributed by atoms with van der Waals surface area (Å²) < 4.78 is 12.7. The second-order valence-corrected chi connectivity index (χ2v) is 13.9. The van der Waals surface area contributed by atoms with Crippen LogP contribution in [0.15, 0.2) is 138 Å². The van der Waals surface area contributed by atoms with Crippen molar-refractivity contribution in [1.29, 1.82) is 0 Å². The molecule has 11 rings (SSSR count). The van der Waals surface area contributed by atoms with E-state index in [9.17, 15) is 9.59 Å². The topological polar surface area (TPSA) is 127 Å². The van der Waals surface area contributed by atoms with E-state index in [4.69, 9.17) is 23.9 Å². The zero-order valence-electron chi connectivity index (χ0n) is 28.1. The third kappa shape index (κ3) is 4.50. The van der Waals surface area contributed by atoms with Gasteiger partial charge >= 0.3 is 0 Å². The first kappa shape index (κ1) is 30.3. The molecule has 0 aliphatic carbocycles. The van der Waals surface area contributed by atoms with Gasteiger partial charge in [0, 0.05) is 38.4 Å². The number of benzene rings is 6. The van der Waals surface area contributed by atoms with Crippen LogP contribution in [0, 0.1) is 0 Å². The maximum absolute atomic E-state index is 13.6. The molecule has 1 aliphatic rings. The molecule has 2 amide bonds. The van der Waals surface area contributed by atoms with Crippen molar-refractivity contribution in [2.24, 2.45) is 0 Å². The molecule has 0 radical (unpaired) electrons. The minimum atomic E-state index is -0.465. The molecule has 0 fully saturated rings. The molecule has 9 nitrogen and oxygen atoms in total. The monoisotopic (exact) mass is 716 g/mol. The van der Waals surface area contributed by atoms with Gasteiger partial charge in [-0.2, -0.15) is 9.47 Å². The van der Waals surface area contributed by atoms with Crippen molar-refractivity contribution in [3.05, 3.63) is 145 Å². The van der Waals surface area contributed by atoms with Crippen LogP contribution >= 0.6 is 11.5 Å². The number of rotatable bonds is 5. The minimum absolute atomic E-state index is 0.290. The smallest absolute Gasteiger partial charge is 0.259 e. The quantitative estimate of drug-likeness (QED) is 0.170. The van der Waals surface area contributed by atoms with Crippen LogP contribution in [0.5, 0.6) is 0 Å². The Hall–Kier alpha value is -7.30. The molecular weight excluding hydrogens is 693 g/mol. The average molecular weight is 717 g/mol. The van der Waals surface area contributed by atoms with Crippen molar-refractivity contribution < 1.29 is 14.0 Å². The predicted molar refractivity (Wildman–Crippen MR) is 211 cm³/mol. The maximum atomic E-state index is 13.6. The fourth-order valence-electron chi connectivity index (χ4n) is 7.67. The highest BCUT2D eigenvalue weighted by Gasteiger charge is 2.34. The zero-order chi connectivity index (χ0) is 35.9. The summed E-state index contributed by atoms with van der Waals surface area (Å²) >= 11 is 1.41. The number of fused-ring (bicyclic) bond motifs is 5. The number of nitrogens with one attached hydrogen (secondary N) is 2. The van der Waals surface area contributed by atoms with Gasteiger partial charge in [-0.1, -0.05) is 84.9 Å². The second kappa shape index (κ2) is 11.6. The molecule has 2 N–H and O–H groups in total. The number of hydrogen-bond acceptors (Lipinski definition) is 8. The van der Waals surface area contributed by atoms with Gasteiger partial charge in [-0.05, 0) is 71.2 Å². The number of aromatic nitrogens is 5. The molecule has 0 bridgehead atoms. The number of para-hydroxylation sites is 4. The number of nitrogens with zero attached hydrogens (tertiary/aromatic N) is 4. The van der Waals surface area contributed by atoms with Gasteiger partial charge in [-0.15, -0.1) is 0 Å². The molecule has 1 aliphatic heterocycles. The Labute approximate surface area is 310 Å². The Morgan fingerprint density at radius 2 is 1.33 bits per heavy atom. The van der Waals surface area contributed by atoms with Gasteiger partial charge in [0.25, 0.3) is 11.8 Å². The molecule has 0 atom stereocenters. The van der Waals surface area contributed by atoms with Crippen LogP contribution in [0.2, 0.25) is 0 Å². The Bertz CT molecular complexity index is 3180. The van der Waals surface area contributed by atoms with Crippen LogP contribution in [0.4, 0.5) is 0 Å². The van der Waals surface area contributed by atoms with E-state index in [2.05, 4.69) is 22.5 Å². The molecule has 254 valence electrons. The largest absolute Gasteiger partial charge is 0.436 e. The second-order valence-electron chi connectivity index (χ2n) is 13.1. The Morgan fingerprint density at radius 1 is 0.556 bits per heavy atom. The van der Waals surface area contributed by atoms with Crippen LogP contribution < -0.4 is 5.32 Å². The number of H-pyrrole nitrogens is 1. The highest BCUT2D eigenvalue weighted by molar-refractivity contribution is 7.13. The number of amides is 2. The Balaban J connectivity index is 1.39. The van der Waals surface area contributed by atoms with E-state index in [1.807, 2.05) is 109 Å². The predicted octanol–water partition coefficient (Wildman–Crippen LogP) is 10.1. The van der Waals surface area contributed by atoms with E-state index in [0.29, 0.717) is 56.2 Å². The molecule has 6 aromatic carbocycles. The van der Waals surface area contributed by atoms with E-state index >= 15 is 0 Å². The molecule has 0 unspecified atom stereocenters. The van der Waals surface area contributed by atoms with Crippen LogP contribution in [-0.2, 0) is 0 Å². The van der Waals surface area contributed by atoms with Crippen LogP contribution in [-0.4, -0.2) is 36.4 Å². The van der Waals surface area contributed by atoms with Crippen molar-refractivity contribution in [3.63, 3.8) is 0 Å². The first-order valence-corrected chi connectivity index (χ1v) is 18.1. The van der Waals surface area contributed by atoms with E-state index in [0.717, 1.165) is 48.7 Å². The van der Waals surface area contributed by atoms with Gasteiger partial charge in [0.15, 0.2) is 5.58 Å². The molecule has 54 heavy (non-hydrogen) atoms. The van der Waals surface area contributed by atoms with Crippen molar-refractivity contribution in [2.75, 3.05) is 0 Å². The third-order valence-corrected chi connectivity index (χ3v) is 10.9. The van der Waals surface area contributed by atoms with E-state index in [1.54, 1.807) is 12.1 Å². The summed E-state index contributed by atoms with van der Waals surface area (Å²) in [5.41, 5.74) is 9.66. The summed E-state index contributed by atoms with van der Waals surface area (Å²) in [6.07, 6.45) is 0. The normalized spacial score (nSPS) is 12.7. The lowest BCUT2D eigenvalue weighted by Crippen LogP contribution is -2.20. The first-order chi connectivity index (χ1) is 26.6. The van der Waals surface area contributed by atoms with Gasteiger partial charge < -0.3 is 4.42 Å². The third-order valence-electron chi connectivity index (χ3n) is 10.1. The lowest BCUT2D eigenvalue weighted by Gasteiger charge is -2.22. The van der Waals surface area contributed by atoms with Crippen molar-refractivity contribution >= 4 is 66.3 Å². The molecule has 0 saturated carbocycles. The molecule has 10 aromatic rings. The zero-order valence-corrected chi connectivity index (χ0v) is 28.9. The van der Waals surface area contributed by atoms with Crippen LogP contribution in [0.25, 0.3) is 99.3 Å². The van der Waals surface area contributed by atoms with Gasteiger partial charge in [-0.25, -0.2) is 9.97 Å². The van der Waals surface area contributed by atoms with E-state index in [-0.39, 0.29) is 5.56 Å². The lowest BCUT2D eigenvalue weighted by atomic mass is 9.81. The number of imide groups is 1. The number of carbonyl (C=O) groups is 2. The number of hydrogen-bond donors (Lipinski definition) is 2. The van der Waals surface area contributed by atoms with Crippen molar-refractivity contribution in [3.8, 4) is 56.4 Å². The minimum Gasteiger partial charge on any atom is -0.436 e. The molecule has 0 saturated heterocycles. The number of carbonyl (C=O) groups excluding carboxylic acids is 2. The number of aromatic amines is 1. The molecular formula is C44H24N6O3S. The summed E-state index contributed by atoms with van der Waals surface area (Å²) in [4.78, 5) is 37.0. The highest BCUT2D eigenvalue weighted by Crippen LogP contribution is 2.52. The Morgan fingerprint density at radius 3 is 2.24 bits per heavy atom. The summed E-state index contributed by atoms with van der Waals surface area (Å²) in [7, 11) is 0. The first-order valence-electron chi connectivity index (χ1n) is 17.3. The van der Waals surface area contributed by atoms with Gasteiger partial charge in [0.2, 0.25) is 5.89 Å². The SMILES string of the molecule is O=C1NC(=O)c2c1cccc2-c1cc(-c2nc3ccccc3o2)c(-c2nsc3ccccc23)c(-c2n[nH]c3ccccc23)c1-c1ccc2ccccc2n1. The van der Waals surface area contributed by atoms with Crippen LogP contribution in [0.3, 0.4) is 0 Å². The van der Waals surface area contributed by atoms with Gasteiger partial charge in [-0.3, -0.25) is 20.0 Å². The lowest BCUT2D eigenvalue weighted by molar-refractivity contribution is 0.0880. The highest BCUT2D eigenvalue weighted by atomic mass is 32.1. The molecule has 5 heterocycles. The van der Waals surface area contributed by atoms with Crippen molar-refractivity contribution in [1.82, 2.24) is 29.9 Å². The number of pyridine rings is 1. The van der Waals surface area contributed by atoms with Gasteiger partial charge in [0.1, 0.15) is 11.2 Å². The summed E-state index contributed by atoms with van der Waals surface area (Å²) in [6, 6.07) is 43.1. The van der Waals surface area contributed by atoms with Crippen molar-refractivity contribution in [2.45, 2.75) is 0 Å². The summed E-state index contributed by atoms with van der Waals surface area (Å²) in [5.74, 6) is -0.532. The van der Waals surface area contributed by atoms with Crippen LogP contribution in [0.1, 0.15) is 20.7 Å². The van der Waals surface area contributed by atoms with Gasteiger partial charge in [0.05, 0.1) is 38.2 Å². The molecule has 0 spiro atoms. The molecule has 10 heteroatoms. The summed E-state index contributed by atoms with van der Waals surface area (Å²) in [6.45, 7) is 0. The molecule has 4 aromatic heterocycles. The van der Waals surface area contributed by atoms with E-state index in [1.165, 1.54) is 11.5 Å². The summed E-state index contributed by atoms with van der Waals surface area (Å²) in [5, 5.41) is 13.6. The fourth-order valence-corrected chi connectivity index (χ4v) is 8.45.